The van der Waals surface area contributed by atoms with E-state index in [0.29, 0.717) is 6.42 Å². The predicted molar refractivity (Wildman–Crippen MR) is 68.5 cm³/mol. The molecule has 2 N–H and O–H groups in total. The Morgan fingerprint density at radius 3 is 2.82 bits per heavy atom. The van der Waals surface area contributed by atoms with E-state index in [9.17, 15) is 4.79 Å². The SMILES string of the molecule is CCCCCCCC(=O)NC(C)c1cn[nH]c1. The summed E-state index contributed by atoms with van der Waals surface area (Å²) in [4.78, 5) is 11.6. The number of aromatic nitrogens is 2. The van der Waals surface area contributed by atoms with Gasteiger partial charge in [0.05, 0.1) is 12.2 Å². The summed E-state index contributed by atoms with van der Waals surface area (Å²) in [5, 5.41) is 9.59. The molecule has 1 unspecified atom stereocenters. The number of nitrogens with zero attached hydrogens (tertiary/aromatic N) is 1. The van der Waals surface area contributed by atoms with Crippen molar-refractivity contribution in [2.75, 3.05) is 0 Å². The Kier molecular flexibility index (Phi) is 6.37. The van der Waals surface area contributed by atoms with E-state index >= 15 is 0 Å². The van der Waals surface area contributed by atoms with Gasteiger partial charge in [-0.3, -0.25) is 9.89 Å². The Balaban J connectivity index is 2.12. The quantitative estimate of drug-likeness (QED) is 0.683. The van der Waals surface area contributed by atoms with Crippen molar-refractivity contribution < 1.29 is 4.79 Å². The molecule has 96 valence electrons. The second-order valence-electron chi connectivity index (χ2n) is 4.49. The van der Waals surface area contributed by atoms with Gasteiger partial charge in [0.25, 0.3) is 0 Å². The molecular formula is C13H23N3O. The molecule has 0 aliphatic carbocycles. The molecule has 1 atom stereocenters. The number of amides is 1. The predicted octanol–water partition coefficient (Wildman–Crippen LogP) is 2.95. The maximum Gasteiger partial charge on any atom is 0.220 e. The number of carbonyl (C=O) groups is 1. The van der Waals surface area contributed by atoms with Crippen molar-refractivity contribution in [1.29, 1.82) is 0 Å². The van der Waals surface area contributed by atoms with Crippen LogP contribution < -0.4 is 5.32 Å². The molecule has 0 aromatic carbocycles. The molecule has 1 rings (SSSR count). The smallest absolute Gasteiger partial charge is 0.220 e. The standard InChI is InChI=1S/C13H23N3O/c1-3-4-5-6-7-8-13(17)16-11(2)12-9-14-15-10-12/h9-11H,3-8H2,1-2H3,(H,14,15)(H,16,17). The summed E-state index contributed by atoms with van der Waals surface area (Å²) < 4.78 is 0. The molecule has 1 aromatic heterocycles. The lowest BCUT2D eigenvalue weighted by molar-refractivity contribution is -0.121. The lowest BCUT2D eigenvalue weighted by atomic mass is 10.1. The maximum absolute atomic E-state index is 11.6. The molecule has 0 aliphatic heterocycles. The summed E-state index contributed by atoms with van der Waals surface area (Å²) in [6.07, 6.45) is 10.1. The van der Waals surface area contributed by atoms with Crippen LogP contribution in [0.25, 0.3) is 0 Å². The Morgan fingerprint density at radius 1 is 1.41 bits per heavy atom. The normalized spacial score (nSPS) is 12.4. The Morgan fingerprint density at radius 2 is 2.18 bits per heavy atom. The first-order valence-corrected chi connectivity index (χ1v) is 6.52. The number of H-pyrrole nitrogens is 1. The first-order valence-electron chi connectivity index (χ1n) is 6.52. The first-order chi connectivity index (χ1) is 8.24. The fraction of sp³-hybridized carbons (Fsp3) is 0.692. The van der Waals surface area contributed by atoms with Crippen LogP contribution in [-0.2, 0) is 4.79 Å². The van der Waals surface area contributed by atoms with Crippen LogP contribution in [-0.4, -0.2) is 16.1 Å². The van der Waals surface area contributed by atoms with E-state index in [-0.39, 0.29) is 11.9 Å². The molecule has 0 radical (unpaired) electrons. The maximum atomic E-state index is 11.6. The summed E-state index contributed by atoms with van der Waals surface area (Å²) in [5.74, 6) is 0.134. The molecule has 17 heavy (non-hydrogen) atoms. The van der Waals surface area contributed by atoms with Crippen molar-refractivity contribution in [3.05, 3.63) is 18.0 Å². The van der Waals surface area contributed by atoms with Gasteiger partial charge in [-0.15, -0.1) is 0 Å². The van der Waals surface area contributed by atoms with Crippen LogP contribution >= 0.6 is 0 Å². The van der Waals surface area contributed by atoms with E-state index in [1.54, 1.807) is 6.20 Å². The number of hydrogen-bond donors (Lipinski definition) is 2. The zero-order valence-corrected chi connectivity index (χ0v) is 10.8. The number of aromatic amines is 1. The zero-order chi connectivity index (χ0) is 12.5. The van der Waals surface area contributed by atoms with Gasteiger partial charge in [0.2, 0.25) is 5.91 Å². The van der Waals surface area contributed by atoms with E-state index in [1.165, 1.54) is 19.3 Å². The summed E-state index contributed by atoms with van der Waals surface area (Å²) in [7, 11) is 0. The highest BCUT2D eigenvalue weighted by atomic mass is 16.1. The number of unbranched alkanes of at least 4 members (excludes halogenated alkanes) is 4. The van der Waals surface area contributed by atoms with Crippen molar-refractivity contribution in [3.63, 3.8) is 0 Å². The van der Waals surface area contributed by atoms with Gasteiger partial charge in [0, 0.05) is 18.2 Å². The van der Waals surface area contributed by atoms with Crippen molar-refractivity contribution in [2.24, 2.45) is 0 Å². The van der Waals surface area contributed by atoms with Crippen molar-refractivity contribution in [3.8, 4) is 0 Å². The largest absolute Gasteiger partial charge is 0.349 e. The number of rotatable bonds is 8. The first kappa shape index (κ1) is 13.7. The average Bonchev–Trinajstić information content (AvgIpc) is 2.82. The van der Waals surface area contributed by atoms with Gasteiger partial charge in [-0.05, 0) is 13.3 Å². The van der Waals surface area contributed by atoms with Crippen LogP contribution in [0.5, 0.6) is 0 Å². The lowest BCUT2D eigenvalue weighted by Crippen LogP contribution is -2.26. The Labute approximate surface area is 103 Å². The molecule has 1 heterocycles. The molecule has 0 saturated heterocycles. The fourth-order valence-corrected chi connectivity index (χ4v) is 1.78. The van der Waals surface area contributed by atoms with Gasteiger partial charge in [-0.1, -0.05) is 32.6 Å². The second-order valence-corrected chi connectivity index (χ2v) is 4.49. The number of nitrogens with one attached hydrogen (secondary N) is 2. The molecule has 1 amide bonds. The van der Waals surface area contributed by atoms with E-state index in [1.807, 2.05) is 13.1 Å². The molecule has 0 fully saturated rings. The van der Waals surface area contributed by atoms with Crippen LogP contribution in [0.1, 0.15) is 64.0 Å². The van der Waals surface area contributed by atoms with Crippen LogP contribution in [0, 0.1) is 0 Å². The van der Waals surface area contributed by atoms with E-state index in [2.05, 4.69) is 22.4 Å². The number of hydrogen-bond acceptors (Lipinski definition) is 2. The molecule has 1 aromatic rings. The summed E-state index contributed by atoms with van der Waals surface area (Å²) in [6, 6.07) is 0.0388. The van der Waals surface area contributed by atoms with Gasteiger partial charge in [-0.2, -0.15) is 5.10 Å². The molecule has 4 heteroatoms. The third-order valence-corrected chi connectivity index (χ3v) is 2.90. The highest BCUT2D eigenvalue weighted by molar-refractivity contribution is 5.76. The molecule has 0 saturated carbocycles. The highest BCUT2D eigenvalue weighted by Gasteiger charge is 2.09. The van der Waals surface area contributed by atoms with Crippen molar-refractivity contribution in [1.82, 2.24) is 15.5 Å². The van der Waals surface area contributed by atoms with E-state index in [4.69, 9.17) is 0 Å². The molecule has 4 nitrogen and oxygen atoms in total. The van der Waals surface area contributed by atoms with Crippen LogP contribution in [0.4, 0.5) is 0 Å². The van der Waals surface area contributed by atoms with E-state index in [0.717, 1.165) is 18.4 Å². The topological polar surface area (TPSA) is 57.8 Å². The van der Waals surface area contributed by atoms with Crippen LogP contribution in [0.2, 0.25) is 0 Å². The third-order valence-electron chi connectivity index (χ3n) is 2.90. The van der Waals surface area contributed by atoms with Gasteiger partial charge in [0.1, 0.15) is 0 Å². The minimum atomic E-state index is 0.0388. The summed E-state index contributed by atoms with van der Waals surface area (Å²) in [5.41, 5.74) is 1.02. The van der Waals surface area contributed by atoms with Crippen molar-refractivity contribution >= 4 is 5.91 Å². The summed E-state index contributed by atoms with van der Waals surface area (Å²) >= 11 is 0. The fourth-order valence-electron chi connectivity index (χ4n) is 1.78. The second kappa shape index (κ2) is 7.87. The molecule has 0 aliphatic rings. The number of carbonyl (C=O) groups excluding carboxylic acids is 1. The Bertz CT molecular complexity index is 308. The molecule has 0 spiro atoms. The van der Waals surface area contributed by atoms with Crippen LogP contribution in [0.15, 0.2) is 12.4 Å². The zero-order valence-electron chi connectivity index (χ0n) is 10.8. The molecular weight excluding hydrogens is 214 g/mol. The van der Waals surface area contributed by atoms with Crippen LogP contribution in [0.3, 0.4) is 0 Å². The minimum Gasteiger partial charge on any atom is -0.349 e. The van der Waals surface area contributed by atoms with Gasteiger partial charge >= 0.3 is 0 Å². The minimum absolute atomic E-state index is 0.0388. The summed E-state index contributed by atoms with van der Waals surface area (Å²) in [6.45, 7) is 4.17. The van der Waals surface area contributed by atoms with E-state index < -0.39 is 0 Å². The third kappa shape index (κ3) is 5.52. The average molecular weight is 237 g/mol. The monoisotopic (exact) mass is 237 g/mol. The highest BCUT2D eigenvalue weighted by Crippen LogP contribution is 2.10. The Hall–Kier alpha value is -1.32. The van der Waals surface area contributed by atoms with Gasteiger partial charge in [0.15, 0.2) is 0 Å². The van der Waals surface area contributed by atoms with Gasteiger partial charge in [-0.25, -0.2) is 0 Å². The molecule has 0 bridgehead atoms. The van der Waals surface area contributed by atoms with Gasteiger partial charge < -0.3 is 5.32 Å². The van der Waals surface area contributed by atoms with Crippen molar-refractivity contribution in [2.45, 2.75) is 58.4 Å². The lowest BCUT2D eigenvalue weighted by Gasteiger charge is -2.11.